The Bertz CT molecular complexity index is 806. The SMILES string of the molecule is CCCCCCCCCCCCCCCCCCC(=O)OCCCCCCCCCCCC(=O)NC(CO)C(O)CCCCCCCCCCCCCCCCC. The van der Waals surface area contributed by atoms with E-state index in [4.69, 9.17) is 4.74 Å². The summed E-state index contributed by atoms with van der Waals surface area (Å²) < 4.78 is 5.46. The second-order valence-corrected chi connectivity index (χ2v) is 17.9. The first-order valence-electron chi connectivity index (χ1n) is 25.8. The molecule has 0 aromatic carbocycles. The van der Waals surface area contributed by atoms with Gasteiger partial charge in [-0.2, -0.15) is 0 Å². The number of hydrogen-bond acceptors (Lipinski definition) is 5. The van der Waals surface area contributed by atoms with Crippen LogP contribution in [0.5, 0.6) is 0 Å². The molecule has 0 rings (SSSR count). The number of carbonyl (C=O) groups is 2. The lowest BCUT2D eigenvalue weighted by molar-refractivity contribution is -0.143. The van der Waals surface area contributed by atoms with Crippen molar-refractivity contribution in [3.8, 4) is 0 Å². The van der Waals surface area contributed by atoms with Crippen LogP contribution in [-0.2, 0) is 14.3 Å². The van der Waals surface area contributed by atoms with Crippen molar-refractivity contribution in [3.05, 3.63) is 0 Å². The zero-order valence-electron chi connectivity index (χ0n) is 38.6. The Balaban J connectivity index is 3.46. The maximum absolute atomic E-state index is 12.4. The molecule has 0 aromatic heterocycles. The quantitative estimate of drug-likeness (QED) is 0.0420. The number of unbranched alkanes of at least 4 members (excludes halogenated alkanes) is 37. The minimum atomic E-state index is -0.679. The first-order chi connectivity index (χ1) is 28.0. The molecule has 0 spiro atoms. The average Bonchev–Trinajstić information content (AvgIpc) is 3.21. The molecule has 6 heteroatoms. The van der Waals surface area contributed by atoms with E-state index in [9.17, 15) is 19.8 Å². The van der Waals surface area contributed by atoms with Crippen LogP contribution >= 0.6 is 0 Å². The van der Waals surface area contributed by atoms with E-state index >= 15 is 0 Å². The minimum Gasteiger partial charge on any atom is -0.466 e. The third kappa shape index (κ3) is 44.2. The van der Waals surface area contributed by atoms with Gasteiger partial charge in [0.05, 0.1) is 25.4 Å². The Kier molecular flexibility index (Phi) is 46.6. The van der Waals surface area contributed by atoms with Gasteiger partial charge in [0.25, 0.3) is 0 Å². The first kappa shape index (κ1) is 55.9. The normalized spacial score (nSPS) is 12.6. The van der Waals surface area contributed by atoms with Crippen LogP contribution in [0.25, 0.3) is 0 Å². The van der Waals surface area contributed by atoms with Crippen molar-refractivity contribution >= 4 is 11.9 Å². The molecule has 6 nitrogen and oxygen atoms in total. The number of esters is 1. The van der Waals surface area contributed by atoms with E-state index in [0.717, 1.165) is 57.8 Å². The van der Waals surface area contributed by atoms with Gasteiger partial charge in [0, 0.05) is 12.8 Å². The molecule has 3 N–H and O–H groups in total. The van der Waals surface area contributed by atoms with Gasteiger partial charge in [-0.25, -0.2) is 0 Å². The fourth-order valence-corrected chi connectivity index (χ4v) is 8.17. The predicted octanol–water partition coefficient (Wildman–Crippen LogP) is 15.2. The van der Waals surface area contributed by atoms with Gasteiger partial charge >= 0.3 is 5.97 Å². The van der Waals surface area contributed by atoms with E-state index in [1.165, 1.54) is 199 Å². The van der Waals surface area contributed by atoms with Gasteiger partial charge in [-0.05, 0) is 25.7 Å². The van der Waals surface area contributed by atoms with Crippen molar-refractivity contribution in [2.24, 2.45) is 0 Å². The van der Waals surface area contributed by atoms with Gasteiger partial charge in [-0.3, -0.25) is 9.59 Å². The molecular formula is C51H101NO5. The summed E-state index contributed by atoms with van der Waals surface area (Å²) in [7, 11) is 0. The van der Waals surface area contributed by atoms with Gasteiger partial charge in [0.2, 0.25) is 5.91 Å². The molecular weight excluding hydrogens is 707 g/mol. The molecule has 2 unspecified atom stereocenters. The zero-order valence-corrected chi connectivity index (χ0v) is 38.6. The summed E-state index contributed by atoms with van der Waals surface area (Å²) in [5.74, 6) is -0.0807. The summed E-state index contributed by atoms with van der Waals surface area (Å²) >= 11 is 0. The second-order valence-electron chi connectivity index (χ2n) is 17.9. The van der Waals surface area contributed by atoms with Crippen molar-refractivity contribution in [2.75, 3.05) is 13.2 Å². The van der Waals surface area contributed by atoms with E-state index in [-0.39, 0.29) is 18.5 Å². The second kappa shape index (κ2) is 47.5. The molecule has 0 aliphatic carbocycles. The van der Waals surface area contributed by atoms with Gasteiger partial charge < -0.3 is 20.3 Å². The lowest BCUT2D eigenvalue weighted by Crippen LogP contribution is -2.45. The highest BCUT2D eigenvalue weighted by molar-refractivity contribution is 5.76. The molecule has 0 saturated carbocycles. The molecule has 57 heavy (non-hydrogen) atoms. The summed E-state index contributed by atoms with van der Waals surface area (Å²) in [6.45, 7) is 4.91. The van der Waals surface area contributed by atoms with Crippen LogP contribution in [0.1, 0.15) is 290 Å². The van der Waals surface area contributed by atoms with Crippen molar-refractivity contribution in [1.29, 1.82) is 0 Å². The van der Waals surface area contributed by atoms with Crippen LogP contribution in [0, 0.1) is 0 Å². The molecule has 1 amide bonds. The highest BCUT2D eigenvalue weighted by Gasteiger charge is 2.20. The maximum Gasteiger partial charge on any atom is 0.305 e. The van der Waals surface area contributed by atoms with E-state index in [0.29, 0.717) is 25.9 Å². The van der Waals surface area contributed by atoms with Gasteiger partial charge in [0.15, 0.2) is 0 Å². The van der Waals surface area contributed by atoms with E-state index in [2.05, 4.69) is 19.2 Å². The Morgan fingerprint density at radius 1 is 0.421 bits per heavy atom. The van der Waals surface area contributed by atoms with Gasteiger partial charge in [-0.1, -0.05) is 251 Å². The molecule has 340 valence electrons. The molecule has 0 radical (unpaired) electrons. The molecule has 0 aromatic rings. The summed E-state index contributed by atoms with van der Waals surface area (Å²) in [6.07, 6.45) is 52.1. The lowest BCUT2D eigenvalue weighted by Gasteiger charge is -2.22. The minimum absolute atomic E-state index is 0.0208. The van der Waals surface area contributed by atoms with Crippen molar-refractivity contribution in [3.63, 3.8) is 0 Å². The predicted molar refractivity (Wildman–Crippen MR) is 246 cm³/mol. The number of aliphatic hydroxyl groups excluding tert-OH is 2. The van der Waals surface area contributed by atoms with Crippen LogP contribution in [0.4, 0.5) is 0 Å². The molecule has 0 bridgehead atoms. The molecule has 0 fully saturated rings. The van der Waals surface area contributed by atoms with Crippen LogP contribution < -0.4 is 5.32 Å². The van der Waals surface area contributed by atoms with Crippen molar-refractivity contribution in [2.45, 2.75) is 302 Å². The molecule has 2 atom stereocenters. The number of aliphatic hydroxyl groups is 2. The maximum atomic E-state index is 12.4. The largest absolute Gasteiger partial charge is 0.466 e. The van der Waals surface area contributed by atoms with Crippen LogP contribution in [-0.4, -0.2) is 47.4 Å². The zero-order chi connectivity index (χ0) is 41.5. The number of ether oxygens (including phenoxy) is 1. The number of carbonyl (C=O) groups excluding carboxylic acids is 2. The smallest absolute Gasteiger partial charge is 0.305 e. The molecule has 0 aliphatic heterocycles. The third-order valence-corrected chi connectivity index (χ3v) is 12.2. The van der Waals surface area contributed by atoms with Crippen LogP contribution in [0.15, 0.2) is 0 Å². The monoisotopic (exact) mass is 808 g/mol. The number of nitrogens with one attached hydrogen (secondary N) is 1. The summed E-state index contributed by atoms with van der Waals surface area (Å²) in [4.78, 5) is 24.5. The highest BCUT2D eigenvalue weighted by Crippen LogP contribution is 2.17. The standard InChI is InChI=1S/C51H101NO5/c1-3-5-7-9-11-13-15-17-19-21-23-25-29-33-37-41-45-51(56)57-46-42-38-34-30-26-28-32-36-40-44-50(55)52-48(47-53)49(54)43-39-35-31-27-24-22-20-18-16-14-12-10-8-6-4-2/h48-49,53-54H,3-47H2,1-2H3,(H,52,55). The van der Waals surface area contributed by atoms with Crippen LogP contribution in [0.2, 0.25) is 0 Å². The highest BCUT2D eigenvalue weighted by atomic mass is 16.5. The Morgan fingerprint density at radius 3 is 1.07 bits per heavy atom. The summed E-state index contributed by atoms with van der Waals surface area (Å²) in [5, 5.41) is 23.2. The summed E-state index contributed by atoms with van der Waals surface area (Å²) in [6, 6.07) is -0.559. The van der Waals surface area contributed by atoms with Gasteiger partial charge in [-0.15, -0.1) is 0 Å². The summed E-state index contributed by atoms with van der Waals surface area (Å²) in [5.41, 5.74) is 0. The topological polar surface area (TPSA) is 95.9 Å². The number of hydrogen-bond donors (Lipinski definition) is 3. The van der Waals surface area contributed by atoms with E-state index < -0.39 is 12.1 Å². The molecule has 0 aliphatic rings. The Morgan fingerprint density at radius 2 is 0.719 bits per heavy atom. The lowest BCUT2D eigenvalue weighted by atomic mass is 10.0. The van der Waals surface area contributed by atoms with Gasteiger partial charge in [0.1, 0.15) is 0 Å². The number of amides is 1. The number of rotatable bonds is 48. The molecule has 0 saturated heterocycles. The van der Waals surface area contributed by atoms with Crippen LogP contribution in [0.3, 0.4) is 0 Å². The van der Waals surface area contributed by atoms with Crippen molar-refractivity contribution in [1.82, 2.24) is 5.32 Å². The Labute approximate surface area is 356 Å². The molecule has 0 heterocycles. The Hall–Kier alpha value is -1.14. The van der Waals surface area contributed by atoms with Crippen molar-refractivity contribution < 1.29 is 24.5 Å². The third-order valence-electron chi connectivity index (χ3n) is 12.2. The first-order valence-corrected chi connectivity index (χ1v) is 25.8. The van der Waals surface area contributed by atoms with E-state index in [1.807, 2.05) is 0 Å². The fourth-order valence-electron chi connectivity index (χ4n) is 8.17. The average molecular weight is 808 g/mol. The van der Waals surface area contributed by atoms with E-state index in [1.54, 1.807) is 0 Å². The fraction of sp³-hybridized carbons (Fsp3) is 0.961.